The Balaban J connectivity index is 1.56. The van der Waals surface area contributed by atoms with Crippen LogP contribution in [0.4, 0.5) is 0 Å². The van der Waals surface area contributed by atoms with Crippen LogP contribution < -0.4 is 13.7 Å². The number of benzene rings is 4. The third-order valence-corrected chi connectivity index (χ3v) is 7.80. The Kier molecular flexibility index (Phi) is 9.40. The smallest absolute Gasteiger partial charge is 0.180 e. The van der Waals surface area contributed by atoms with Crippen LogP contribution in [-0.4, -0.2) is 19.3 Å². The standard InChI is InChI=1S/C28H24IO5PS2/c1-32-22-11-9-21(10-12-22)28(27(31)20-7-13-23(14-8-20)34-37(29)35)36-26-16-15-24(17-25(26)30)33-18-19-5-3-2-4-6-19/h2-17,28,30,35H,18H2,1H3/i35T. The lowest BCUT2D eigenvalue weighted by Gasteiger charge is -2.18. The van der Waals surface area contributed by atoms with E-state index >= 15 is 0 Å². The van der Waals surface area contributed by atoms with Crippen LogP contribution in [-0.2, 0) is 14.1 Å². The molecule has 0 amide bonds. The van der Waals surface area contributed by atoms with E-state index in [1.54, 1.807) is 49.6 Å². The fourth-order valence-corrected chi connectivity index (χ4v) is 5.78. The fraction of sp³-hybridized carbons (Fsp3) is 0.107. The van der Waals surface area contributed by atoms with Gasteiger partial charge in [-0.05, 0) is 67.6 Å². The maximum absolute atomic E-state index is 13.7. The fourth-order valence-electron chi connectivity index (χ4n) is 3.51. The van der Waals surface area contributed by atoms with Gasteiger partial charge in [0, 0.05) is 32.8 Å². The Morgan fingerprint density at radius 1 is 1.00 bits per heavy atom. The minimum absolute atomic E-state index is 0.0410. The van der Waals surface area contributed by atoms with Crippen molar-refractivity contribution in [2.45, 2.75) is 16.8 Å². The van der Waals surface area contributed by atoms with Gasteiger partial charge in [-0.25, -0.2) is 0 Å². The minimum Gasteiger partial charge on any atom is -0.507 e. The lowest BCUT2D eigenvalue weighted by atomic mass is 10.0. The van der Waals surface area contributed by atoms with Gasteiger partial charge in [-0.1, -0.05) is 42.5 Å². The maximum atomic E-state index is 13.7. The number of ether oxygens (including phenoxy) is 2. The lowest BCUT2D eigenvalue weighted by Crippen LogP contribution is -2.10. The number of phenols is 1. The van der Waals surface area contributed by atoms with Crippen molar-refractivity contribution in [3.63, 3.8) is 0 Å². The quantitative estimate of drug-likeness (QED) is 0.0759. The van der Waals surface area contributed by atoms with Gasteiger partial charge in [0.05, 0.1) is 24.8 Å². The molecule has 1 N–H and O–H groups in total. The van der Waals surface area contributed by atoms with Gasteiger partial charge in [0.1, 0.15) is 30.9 Å². The molecule has 5 nitrogen and oxygen atoms in total. The van der Waals surface area contributed by atoms with Crippen molar-refractivity contribution in [3.8, 4) is 23.0 Å². The normalized spacial score (nSPS) is 12.9. The molecule has 0 saturated heterocycles. The van der Waals surface area contributed by atoms with Crippen molar-refractivity contribution >= 4 is 54.2 Å². The van der Waals surface area contributed by atoms with Crippen molar-refractivity contribution in [2.75, 3.05) is 7.11 Å². The first-order valence-electron chi connectivity index (χ1n) is 11.6. The largest absolute Gasteiger partial charge is 0.507 e. The number of phenolic OH excluding ortho intramolecular Hbond substituents is 1. The van der Waals surface area contributed by atoms with Crippen LogP contribution >= 0.6 is 40.9 Å². The first-order chi connectivity index (χ1) is 18.5. The van der Waals surface area contributed by atoms with Gasteiger partial charge in [-0.3, -0.25) is 4.79 Å². The number of halogens is 1. The highest BCUT2D eigenvalue weighted by Gasteiger charge is 2.25. The topological polar surface area (TPSA) is 65.0 Å². The van der Waals surface area contributed by atoms with Gasteiger partial charge >= 0.3 is 0 Å². The zero-order chi connectivity index (χ0) is 26.9. The number of rotatable bonds is 11. The molecule has 0 aromatic heterocycles. The number of aromatic hydroxyl groups is 1. The molecule has 4 aromatic rings. The van der Waals surface area contributed by atoms with Gasteiger partial charge in [0.25, 0.3) is 0 Å². The van der Waals surface area contributed by atoms with Crippen LogP contribution in [0.25, 0.3) is 0 Å². The lowest BCUT2D eigenvalue weighted by molar-refractivity contribution is 0.0989. The van der Waals surface area contributed by atoms with Crippen molar-refractivity contribution < 1.29 is 23.6 Å². The summed E-state index contributed by atoms with van der Waals surface area (Å²) in [6, 6.07) is 29.2. The second-order valence-corrected chi connectivity index (χ2v) is 15.1. The zero-order valence-electron chi connectivity index (χ0n) is 20.7. The van der Waals surface area contributed by atoms with Crippen molar-refractivity contribution in [2.24, 2.45) is 0 Å². The molecular formula is C28H24IO5PS2. The summed E-state index contributed by atoms with van der Waals surface area (Å²) in [5.41, 5.74) is 2.33. The first-order valence-corrected chi connectivity index (χ1v) is 16.8. The average molecular weight is 665 g/mol. The van der Waals surface area contributed by atoms with Gasteiger partial charge < -0.3 is 18.8 Å². The molecule has 0 aliphatic rings. The zero-order valence-corrected chi connectivity index (χ0v) is 24.4. The number of hydrogen-bond donors (Lipinski definition) is 1. The van der Waals surface area contributed by atoms with Crippen molar-refractivity contribution in [3.05, 3.63) is 114 Å². The first kappa shape index (κ1) is 26.1. The number of hydrogen-bond acceptors (Lipinski definition) is 6. The van der Waals surface area contributed by atoms with E-state index in [9.17, 15) is 9.90 Å². The molecule has 2 atom stereocenters. The van der Waals surface area contributed by atoms with E-state index in [1.807, 2.05) is 54.6 Å². The molecule has 0 saturated carbocycles. The van der Waals surface area contributed by atoms with E-state index in [4.69, 9.17) is 14.9 Å². The highest BCUT2D eigenvalue weighted by Crippen LogP contribution is 2.43. The summed E-state index contributed by atoms with van der Waals surface area (Å²) in [5.74, 6) is 1.77. The van der Waals surface area contributed by atoms with E-state index in [2.05, 4.69) is 21.2 Å². The Bertz CT molecular complexity index is 1400. The van der Waals surface area contributed by atoms with Gasteiger partial charge in [0.15, 0.2) is 5.78 Å². The van der Waals surface area contributed by atoms with Crippen LogP contribution in [0, 0.1) is 0 Å². The third-order valence-electron chi connectivity index (χ3n) is 5.38. The SMILES string of the molecule is [3H]P=S(I)Oc1ccc(C(=O)C(Sc2ccc(OCc3ccccc3)cc2O)c2ccc(OC)cc2)cc1. The van der Waals surface area contributed by atoms with Crippen LogP contribution in [0.15, 0.2) is 102 Å². The van der Waals surface area contributed by atoms with Crippen LogP contribution in [0.5, 0.6) is 23.0 Å². The molecule has 0 aliphatic carbocycles. The summed E-state index contributed by atoms with van der Waals surface area (Å²) in [5, 5.41) is 10.2. The molecule has 190 valence electrons. The number of methoxy groups -OCH3 is 1. The third kappa shape index (κ3) is 7.74. The summed E-state index contributed by atoms with van der Waals surface area (Å²) >= 11 is 3.35. The van der Waals surface area contributed by atoms with Gasteiger partial charge in [-0.15, -0.1) is 11.8 Å². The number of thioether (sulfide) groups is 1. The van der Waals surface area contributed by atoms with E-state index in [0.29, 0.717) is 42.3 Å². The molecule has 9 heteroatoms. The summed E-state index contributed by atoms with van der Waals surface area (Å²) in [7, 11) is 1.43. The summed E-state index contributed by atoms with van der Waals surface area (Å²) < 4.78 is 24.2. The molecule has 0 aliphatic heterocycles. The van der Waals surface area contributed by atoms with Crippen molar-refractivity contribution in [1.82, 2.24) is 0 Å². The number of Topliss-reactive ketones (excluding diaryl/α,β-unsaturated/α-hetero) is 1. The number of carbonyl (C=O) groups is 1. The Morgan fingerprint density at radius 2 is 1.68 bits per heavy atom. The van der Waals surface area contributed by atoms with Gasteiger partial charge in [0.2, 0.25) is 0 Å². The van der Waals surface area contributed by atoms with E-state index in [0.717, 1.165) is 11.1 Å². The number of ketones is 1. The van der Waals surface area contributed by atoms with E-state index in [-0.39, 0.29) is 11.5 Å². The molecular weight excluding hydrogens is 638 g/mol. The monoisotopic (exact) mass is 664 g/mol. The molecule has 37 heavy (non-hydrogen) atoms. The average Bonchev–Trinajstić information content (AvgIpc) is 2.96. The predicted octanol–water partition coefficient (Wildman–Crippen LogP) is 8.02. The van der Waals surface area contributed by atoms with Crippen LogP contribution in [0.3, 0.4) is 0 Å². The molecule has 4 rings (SSSR count). The second kappa shape index (κ2) is 13.3. The molecule has 4 aromatic carbocycles. The molecule has 0 spiro atoms. The van der Waals surface area contributed by atoms with Gasteiger partial charge in [-0.2, -0.15) is 0 Å². The molecule has 0 fully saturated rings. The minimum atomic E-state index is -0.611. The molecule has 2 unspecified atom stereocenters. The van der Waals surface area contributed by atoms with Crippen molar-refractivity contribution in [1.29, 1.82) is 1.28 Å². The summed E-state index contributed by atoms with van der Waals surface area (Å²) in [6.45, 7) is 0.388. The molecule has 0 heterocycles. The highest BCUT2D eigenvalue weighted by molar-refractivity contribution is 14.2. The molecule has 0 bridgehead atoms. The Hall–Kier alpha value is -2.52. The summed E-state index contributed by atoms with van der Waals surface area (Å²) in [4.78, 5) is 14.3. The van der Waals surface area contributed by atoms with E-state index in [1.165, 1.54) is 11.8 Å². The Morgan fingerprint density at radius 3 is 2.32 bits per heavy atom. The second-order valence-electron chi connectivity index (χ2n) is 7.85. The molecule has 0 radical (unpaired) electrons. The van der Waals surface area contributed by atoms with Crippen LogP contribution in [0.2, 0.25) is 0 Å². The van der Waals surface area contributed by atoms with E-state index < -0.39 is 12.8 Å². The summed E-state index contributed by atoms with van der Waals surface area (Å²) in [6.07, 6.45) is 0. The highest BCUT2D eigenvalue weighted by atomic mass is 127. The number of carbonyl (C=O) groups excluding carboxylic acids is 1. The maximum Gasteiger partial charge on any atom is 0.180 e. The van der Waals surface area contributed by atoms with Crippen LogP contribution in [0.1, 0.15) is 26.7 Å². The Labute approximate surface area is 238 Å². The predicted molar refractivity (Wildman–Crippen MR) is 162 cm³/mol.